The van der Waals surface area contributed by atoms with Crippen LogP contribution in [0.2, 0.25) is 0 Å². The highest BCUT2D eigenvalue weighted by Gasteiger charge is 1.98. The third kappa shape index (κ3) is 64.8. The fourth-order valence-corrected chi connectivity index (χ4v) is 6.28. The van der Waals surface area contributed by atoms with Crippen LogP contribution in [0.4, 0.5) is 0 Å². The molecule has 0 heterocycles. The van der Waals surface area contributed by atoms with E-state index in [-0.39, 0.29) is 0 Å². The maximum Gasteiger partial charge on any atom is 0.303 e. The predicted molar refractivity (Wildman–Crippen MR) is 234 cm³/mol. The minimum Gasteiger partial charge on any atom is -0.481 e. The molecule has 0 aromatic rings. The van der Waals surface area contributed by atoms with Gasteiger partial charge in [-0.2, -0.15) is 0 Å². The summed E-state index contributed by atoms with van der Waals surface area (Å²) in [6, 6.07) is 0. The van der Waals surface area contributed by atoms with Crippen molar-refractivity contribution in [2.75, 3.05) is 0 Å². The van der Waals surface area contributed by atoms with Crippen molar-refractivity contribution in [3.05, 3.63) is 24.3 Å². The summed E-state index contributed by atoms with van der Waals surface area (Å²) >= 11 is 0. The van der Waals surface area contributed by atoms with Crippen molar-refractivity contribution in [2.45, 2.75) is 265 Å². The Morgan fingerprint density at radius 3 is 0.630 bits per heavy atom. The Kier molecular flexibility index (Phi) is 55.2. The number of carboxylic acid groups (broad SMARTS) is 3. The predicted octanol–water partition coefficient (Wildman–Crippen LogP) is 16.2. The lowest BCUT2D eigenvalue weighted by Gasteiger charge is -2.00. The molecule has 0 aliphatic rings. The van der Waals surface area contributed by atoms with E-state index in [1.807, 2.05) is 0 Å². The molecule has 0 aliphatic carbocycles. The number of allylic oxidation sites excluding steroid dienone is 4. The summed E-state index contributed by atoms with van der Waals surface area (Å²) in [4.78, 5) is 30.9. The summed E-state index contributed by atoms with van der Waals surface area (Å²) in [7, 11) is 0. The topological polar surface area (TPSA) is 112 Å². The van der Waals surface area contributed by atoms with Gasteiger partial charge in [0.1, 0.15) is 0 Å². The highest BCUT2D eigenvalue weighted by Crippen LogP contribution is 2.12. The maximum absolute atomic E-state index is 10.3. The Morgan fingerprint density at radius 1 is 0.278 bits per heavy atom. The van der Waals surface area contributed by atoms with E-state index >= 15 is 0 Å². The van der Waals surface area contributed by atoms with Crippen molar-refractivity contribution in [1.29, 1.82) is 0 Å². The van der Waals surface area contributed by atoms with Crippen molar-refractivity contribution in [3.8, 4) is 0 Å². The first-order chi connectivity index (χ1) is 26.3. The Balaban J connectivity index is -0.000000736. The minimum absolute atomic E-state index is 0.332. The van der Waals surface area contributed by atoms with Crippen LogP contribution >= 0.6 is 0 Å². The molecule has 0 amide bonds. The molecule has 320 valence electrons. The van der Waals surface area contributed by atoms with E-state index in [0.717, 1.165) is 38.5 Å². The van der Waals surface area contributed by atoms with Gasteiger partial charge in [0.05, 0.1) is 0 Å². The third-order valence-corrected chi connectivity index (χ3v) is 9.80. The highest BCUT2D eigenvalue weighted by molar-refractivity contribution is 5.67. The molecule has 0 bridgehead atoms. The molecule has 0 rings (SSSR count). The number of aliphatic carboxylic acids is 3. The minimum atomic E-state index is -0.664. The second-order valence-electron chi connectivity index (χ2n) is 15.4. The van der Waals surface area contributed by atoms with E-state index in [1.165, 1.54) is 186 Å². The Morgan fingerprint density at radius 2 is 0.444 bits per heavy atom. The van der Waals surface area contributed by atoms with E-state index < -0.39 is 17.9 Å². The number of hydrogen-bond donors (Lipinski definition) is 3. The van der Waals surface area contributed by atoms with Crippen molar-refractivity contribution in [2.24, 2.45) is 0 Å². The standard InChI is InChI=1S/2C18H34O2.C12H24O2/c2*1-2-3-4-5-6-7-8-9-10-11-12-13-14-15-16-17-18(19)20;1-2-3-4-5-6-7-8-9-10-11-12(13)14/h2*9-10H,2-8,11-17H2,1H3,(H,19,20);2-11H2,1H3,(H,13,14)/b2*10-9-;. The Bertz CT molecular complexity index is 755. The van der Waals surface area contributed by atoms with Crippen LogP contribution < -0.4 is 0 Å². The molecule has 0 radical (unpaired) electrons. The zero-order valence-corrected chi connectivity index (χ0v) is 36.2. The molecule has 6 nitrogen and oxygen atoms in total. The molecule has 0 saturated heterocycles. The fourth-order valence-electron chi connectivity index (χ4n) is 6.28. The molecule has 0 aliphatic heterocycles. The lowest BCUT2D eigenvalue weighted by Crippen LogP contribution is -1.93. The van der Waals surface area contributed by atoms with E-state index in [0.29, 0.717) is 19.3 Å². The molecule has 3 N–H and O–H groups in total. The SMILES string of the molecule is CCCCCCCC/C=C\CCCCCCCC(=O)O.CCCCCCCC/C=C\CCCCCCCC(=O)O.CCCCCCCCCCCC(=O)O. The second-order valence-corrected chi connectivity index (χ2v) is 15.4. The summed E-state index contributed by atoms with van der Waals surface area (Å²) < 4.78 is 0. The number of carboxylic acids is 3. The summed E-state index contributed by atoms with van der Waals surface area (Å²) in [5.41, 5.74) is 0. The van der Waals surface area contributed by atoms with Gasteiger partial charge in [0.25, 0.3) is 0 Å². The number of hydrogen-bond acceptors (Lipinski definition) is 3. The normalized spacial score (nSPS) is 11.0. The van der Waals surface area contributed by atoms with Crippen LogP contribution in [0.5, 0.6) is 0 Å². The first-order valence-corrected chi connectivity index (χ1v) is 23.3. The van der Waals surface area contributed by atoms with Crippen molar-refractivity contribution in [3.63, 3.8) is 0 Å². The van der Waals surface area contributed by atoms with Gasteiger partial charge in [-0.05, 0) is 70.6 Å². The monoisotopic (exact) mass is 765 g/mol. The van der Waals surface area contributed by atoms with Crippen LogP contribution in [-0.2, 0) is 14.4 Å². The van der Waals surface area contributed by atoms with E-state index in [4.69, 9.17) is 15.3 Å². The van der Waals surface area contributed by atoms with Crippen LogP contribution in [0.3, 0.4) is 0 Å². The zero-order valence-electron chi connectivity index (χ0n) is 36.2. The molecular weight excluding hydrogens is 673 g/mol. The second kappa shape index (κ2) is 53.0. The highest BCUT2D eigenvalue weighted by atomic mass is 16.4. The molecule has 0 saturated carbocycles. The molecule has 0 atom stereocenters. The van der Waals surface area contributed by atoms with E-state index in [1.54, 1.807) is 0 Å². The van der Waals surface area contributed by atoms with Gasteiger partial charge in [-0.3, -0.25) is 14.4 Å². The molecule has 54 heavy (non-hydrogen) atoms. The largest absolute Gasteiger partial charge is 0.481 e. The zero-order chi connectivity index (χ0) is 40.4. The van der Waals surface area contributed by atoms with Gasteiger partial charge in [-0.1, -0.05) is 199 Å². The average molecular weight is 765 g/mol. The molecule has 0 fully saturated rings. The van der Waals surface area contributed by atoms with Crippen molar-refractivity contribution >= 4 is 17.9 Å². The summed E-state index contributed by atoms with van der Waals surface area (Å²) in [5, 5.41) is 25.4. The van der Waals surface area contributed by atoms with E-state index in [2.05, 4.69) is 45.1 Å². The van der Waals surface area contributed by atoms with Gasteiger partial charge in [0.15, 0.2) is 0 Å². The molecule has 0 aromatic heterocycles. The first kappa shape index (κ1) is 56.2. The van der Waals surface area contributed by atoms with Gasteiger partial charge in [0, 0.05) is 19.3 Å². The summed E-state index contributed by atoms with van der Waals surface area (Å²) in [6.45, 7) is 6.75. The summed E-state index contributed by atoms with van der Waals surface area (Å²) in [6.07, 6.45) is 54.0. The van der Waals surface area contributed by atoms with Crippen molar-refractivity contribution < 1.29 is 29.7 Å². The number of carbonyl (C=O) groups is 3. The molecule has 6 heteroatoms. The van der Waals surface area contributed by atoms with Crippen LogP contribution in [0, 0.1) is 0 Å². The van der Waals surface area contributed by atoms with Gasteiger partial charge in [-0.25, -0.2) is 0 Å². The Labute approximate surface area is 335 Å². The number of unbranched alkanes of at least 4 members (excludes halogenated alkanes) is 30. The molecule has 0 aromatic carbocycles. The number of rotatable bonds is 40. The lowest BCUT2D eigenvalue weighted by molar-refractivity contribution is -0.138. The molecular formula is C48H92O6. The van der Waals surface area contributed by atoms with Crippen LogP contribution in [0.25, 0.3) is 0 Å². The lowest BCUT2D eigenvalue weighted by atomic mass is 10.1. The van der Waals surface area contributed by atoms with Gasteiger partial charge < -0.3 is 15.3 Å². The van der Waals surface area contributed by atoms with Crippen LogP contribution in [0.1, 0.15) is 265 Å². The summed E-state index contributed by atoms with van der Waals surface area (Å²) in [5.74, 6) is -1.99. The Hall–Kier alpha value is -2.11. The van der Waals surface area contributed by atoms with Gasteiger partial charge in [0.2, 0.25) is 0 Å². The van der Waals surface area contributed by atoms with E-state index in [9.17, 15) is 14.4 Å². The fraction of sp³-hybridized carbons (Fsp3) is 0.854. The van der Waals surface area contributed by atoms with Crippen LogP contribution in [0.15, 0.2) is 24.3 Å². The molecule has 0 unspecified atom stereocenters. The van der Waals surface area contributed by atoms with Crippen LogP contribution in [-0.4, -0.2) is 33.2 Å². The first-order valence-electron chi connectivity index (χ1n) is 23.3. The van der Waals surface area contributed by atoms with Gasteiger partial charge in [-0.15, -0.1) is 0 Å². The van der Waals surface area contributed by atoms with Crippen molar-refractivity contribution in [1.82, 2.24) is 0 Å². The average Bonchev–Trinajstić information content (AvgIpc) is 3.14. The molecule has 0 spiro atoms. The smallest absolute Gasteiger partial charge is 0.303 e. The van der Waals surface area contributed by atoms with Gasteiger partial charge >= 0.3 is 17.9 Å². The quantitative estimate of drug-likeness (QED) is 0.0423. The maximum atomic E-state index is 10.3. The third-order valence-electron chi connectivity index (χ3n) is 9.80.